The predicted octanol–water partition coefficient (Wildman–Crippen LogP) is 2.26. The lowest BCUT2D eigenvalue weighted by molar-refractivity contribution is -0.145. The van der Waals surface area contributed by atoms with Crippen molar-refractivity contribution in [1.82, 2.24) is 0 Å². The van der Waals surface area contributed by atoms with Gasteiger partial charge in [-0.25, -0.2) is 4.79 Å². The lowest BCUT2D eigenvalue weighted by atomic mass is 10.3. The number of halogens is 2. The molecule has 0 amide bonds. The molecular weight excluding hydrogens is 227 g/mol. The molecule has 3 nitrogen and oxygen atoms in total. The summed E-state index contributed by atoms with van der Waals surface area (Å²) < 4.78 is 2.59. The average Bonchev–Trinajstić information content (AvgIpc) is 2.02. The molecule has 0 rings (SSSR count). The number of ketones is 1. The zero-order chi connectivity index (χ0) is 11.4. The Hall–Kier alpha value is -0.540. The number of alkyl halides is 2. The Morgan fingerprint density at radius 2 is 1.79 bits per heavy atom. The van der Waals surface area contributed by atoms with E-state index in [1.807, 2.05) is 13.8 Å². The summed E-state index contributed by atoms with van der Waals surface area (Å²) in [7, 11) is 0. The van der Waals surface area contributed by atoms with Crippen molar-refractivity contribution in [3.8, 4) is 0 Å². The summed E-state index contributed by atoms with van der Waals surface area (Å²) in [5.41, 5.74) is 0.996. The molecule has 0 saturated carbocycles. The highest BCUT2D eigenvalue weighted by molar-refractivity contribution is 6.67. The van der Waals surface area contributed by atoms with E-state index in [1.54, 1.807) is 6.08 Å². The maximum absolute atomic E-state index is 11.2. The van der Waals surface area contributed by atoms with Crippen molar-refractivity contribution in [3.05, 3.63) is 11.6 Å². The van der Waals surface area contributed by atoms with Gasteiger partial charge in [-0.15, -0.1) is 0 Å². The van der Waals surface area contributed by atoms with Crippen LogP contribution >= 0.6 is 23.2 Å². The molecule has 0 fully saturated rings. The third kappa shape index (κ3) is 4.11. The molecule has 0 atom stereocenters. The molecule has 0 heterocycles. The number of ether oxygens (including phenoxy) is 1. The second kappa shape index (κ2) is 5.37. The lowest BCUT2D eigenvalue weighted by Gasteiger charge is -2.13. The van der Waals surface area contributed by atoms with E-state index in [1.165, 1.54) is 0 Å². The van der Waals surface area contributed by atoms with E-state index >= 15 is 0 Å². The molecule has 0 aromatic rings. The first-order chi connectivity index (χ1) is 6.28. The van der Waals surface area contributed by atoms with E-state index < -0.39 is 16.1 Å². The van der Waals surface area contributed by atoms with Crippen LogP contribution in [0.15, 0.2) is 11.6 Å². The van der Waals surface area contributed by atoms with Crippen molar-refractivity contribution in [3.63, 3.8) is 0 Å². The quantitative estimate of drug-likeness (QED) is 0.327. The Bertz CT molecular complexity index is 265. The molecule has 0 aromatic carbocycles. The van der Waals surface area contributed by atoms with Gasteiger partial charge in [-0.1, -0.05) is 28.8 Å². The van der Waals surface area contributed by atoms with Gasteiger partial charge in [0.15, 0.2) is 5.78 Å². The molecule has 0 radical (unpaired) electrons. The van der Waals surface area contributed by atoms with E-state index in [4.69, 9.17) is 23.2 Å². The lowest BCUT2D eigenvalue weighted by Crippen LogP contribution is -2.35. The van der Waals surface area contributed by atoms with Crippen molar-refractivity contribution in [2.45, 2.75) is 25.1 Å². The normalized spacial score (nSPS) is 10.6. The summed E-state index contributed by atoms with van der Waals surface area (Å²) in [5.74, 6) is -1.59. The number of carbonyl (C=O) groups excluding carboxylic acids is 2. The van der Waals surface area contributed by atoms with E-state index in [0.717, 1.165) is 12.5 Å². The number of allylic oxidation sites excluding steroid dienone is 1. The fraction of sp³-hybridized carbons (Fsp3) is 0.556. The molecule has 0 aromatic heterocycles. The predicted molar refractivity (Wildman–Crippen MR) is 55.5 cm³/mol. The molecular formula is C9H12Cl2O3. The molecule has 0 aliphatic rings. The van der Waals surface area contributed by atoms with Gasteiger partial charge >= 0.3 is 5.97 Å². The van der Waals surface area contributed by atoms with Crippen LogP contribution in [-0.4, -0.2) is 22.7 Å². The molecule has 14 heavy (non-hydrogen) atoms. The van der Waals surface area contributed by atoms with E-state index in [-0.39, 0.29) is 6.61 Å². The van der Waals surface area contributed by atoms with Gasteiger partial charge < -0.3 is 4.74 Å². The third-order valence-corrected chi connectivity index (χ3v) is 2.25. The molecule has 80 valence electrons. The van der Waals surface area contributed by atoms with Gasteiger partial charge in [0.1, 0.15) is 6.61 Å². The maximum atomic E-state index is 11.2. The standard InChI is InChI=1S/C9H12Cl2O3/c1-6(2)4-5-14-8(13)9(10,11)7(3)12/h4H,5H2,1-3H3. The topological polar surface area (TPSA) is 43.4 Å². The minimum Gasteiger partial charge on any atom is -0.459 e. The molecule has 0 N–H and O–H groups in total. The third-order valence-electron chi connectivity index (χ3n) is 1.40. The van der Waals surface area contributed by atoms with Gasteiger partial charge in [0.05, 0.1) is 0 Å². The van der Waals surface area contributed by atoms with Gasteiger partial charge in [0.25, 0.3) is 4.33 Å². The summed E-state index contributed by atoms with van der Waals surface area (Å²) in [5, 5.41) is 0. The fourth-order valence-corrected chi connectivity index (χ4v) is 0.627. The minimum atomic E-state index is -2.09. The zero-order valence-corrected chi connectivity index (χ0v) is 9.78. The second-order valence-electron chi connectivity index (χ2n) is 3.01. The van der Waals surface area contributed by atoms with E-state index in [9.17, 15) is 9.59 Å². The second-order valence-corrected chi connectivity index (χ2v) is 4.34. The van der Waals surface area contributed by atoms with Crippen LogP contribution in [0.2, 0.25) is 0 Å². The Morgan fingerprint density at radius 3 is 2.14 bits per heavy atom. The van der Waals surface area contributed by atoms with Crippen LogP contribution < -0.4 is 0 Å². The number of Topliss-reactive ketones (excluding diaryl/α,β-unsaturated/α-hetero) is 1. The summed E-state index contributed by atoms with van der Waals surface area (Å²) in [6.45, 7) is 4.90. The van der Waals surface area contributed by atoms with Crippen molar-refractivity contribution in [2.24, 2.45) is 0 Å². The molecule has 0 saturated heterocycles. The highest BCUT2D eigenvalue weighted by Crippen LogP contribution is 2.23. The summed E-state index contributed by atoms with van der Waals surface area (Å²) in [6, 6.07) is 0. The number of hydrogen-bond donors (Lipinski definition) is 0. The van der Waals surface area contributed by atoms with Gasteiger partial charge in [0.2, 0.25) is 0 Å². The Kier molecular flexibility index (Phi) is 5.16. The van der Waals surface area contributed by atoms with Gasteiger partial charge in [-0.3, -0.25) is 4.79 Å². The highest BCUT2D eigenvalue weighted by atomic mass is 35.5. The van der Waals surface area contributed by atoms with Crippen molar-refractivity contribution >= 4 is 35.0 Å². The van der Waals surface area contributed by atoms with Crippen LogP contribution in [0.1, 0.15) is 20.8 Å². The van der Waals surface area contributed by atoms with Crippen molar-refractivity contribution < 1.29 is 14.3 Å². The van der Waals surface area contributed by atoms with E-state index in [0.29, 0.717) is 0 Å². The smallest absolute Gasteiger partial charge is 0.350 e. The summed E-state index contributed by atoms with van der Waals surface area (Å²) in [6.07, 6.45) is 1.68. The van der Waals surface area contributed by atoms with Gasteiger partial charge in [-0.05, 0) is 26.8 Å². The van der Waals surface area contributed by atoms with Crippen LogP contribution in [0.4, 0.5) is 0 Å². The molecule has 0 bridgehead atoms. The molecule has 5 heteroatoms. The molecule has 0 unspecified atom stereocenters. The summed E-state index contributed by atoms with van der Waals surface area (Å²) in [4.78, 5) is 22.0. The van der Waals surface area contributed by atoms with E-state index in [2.05, 4.69) is 4.74 Å². The van der Waals surface area contributed by atoms with Crippen LogP contribution in [-0.2, 0) is 14.3 Å². The number of carbonyl (C=O) groups is 2. The van der Waals surface area contributed by atoms with Gasteiger partial charge in [0, 0.05) is 0 Å². The minimum absolute atomic E-state index is 0.0651. The van der Waals surface area contributed by atoms with Crippen LogP contribution in [0, 0.1) is 0 Å². The fourth-order valence-electron chi connectivity index (χ4n) is 0.518. The Labute approximate surface area is 93.0 Å². The average molecular weight is 239 g/mol. The molecule has 0 aliphatic carbocycles. The first kappa shape index (κ1) is 13.5. The number of hydrogen-bond acceptors (Lipinski definition) is 3. The zero-order valence-electron chi connectivity index (χ0n) is 8.27. The van der Waals surface area contributed by atoms with Crippen LogP contribution in [0.5, 0.6) is 0 Å². The Morgan fingerprint density at radius 1 is 1.29 bits per heavy atom. The number of rotatable bonds is 4. The van der Waals surface area contributed by atoms with Crippen molar-refractivity contribution in [1.29, 1.82) is 0 Å². The monoisotopic (exact) mass is 238 g/mol. The highest BCUT2D eigenvalue weighted by Gasteiger charge is 2.40. The first-order valence-corrected chi connectivity index (χ1v) is 4.73. The number of esters is 1. The largest absolute Gasteiger partial charge is 0.459 e. The Balaban J connectivity index is 4.23. The van der Waals surface area contributed by atoms with Gasteiger partial charge in [-0.2, -0.15) is 0 Å². The molecule has 0 spiro atoms. The molecule has 0 aliphatic heterocycles. The van der Waals surface area contributed by atoms with Crippen LogP contribution in [0.25, 0.3) is 0 Å². The van der Waals surface area contributed by atoms with Crippen molar-refractivity contribution in [2.75, 3.05) is 6.61 Å². The maximum Gasteiger partial charge on any atom is 0.350 e. The van der Waals surface area contributed by atoms with Crippen LogP contribution in [0.3, 0.4) is 0 Å². The first-order valence-electron chi connectivity index (χ1n) is 3.98. The SMILES string of the molecule is CC(=O)C(Cl)(Cl)C(=O)OCC=C(C)C. The summed E-state index contributed by atoms with van der Waals surface area (Å²) >= 11 is 10.9.